The second kappa shape index (κ2) is 5.39. The van der Waals surface area contributed by atoms with Gasteiger partial charge in [-0.1, -0.05) is 31.2 Å². The van der Waals surface area contributed by atoms with Crippen LogP contribution < -0.4 is 5.32 Å². The first kappa shape index (κ1) is 13.9. The minimum Gasteiger partial charge on any atom is -0.481 e. The minimum absolute atomic E-state index is 0.0679. The number of urea groups is 1. The summed E-state index contributed by atoms with van der Waals surface area (Å²) >= 11 is 0. The van der Waals surface area contributed by atoms with E-state index in [0.717, 1.165) is 12.8 Å². The quantitative estimate of drug-likeness (QED) is 0.886. The molecule has 0 saturated carbocycles. The van der Waals surface area contributed by atoms with Crippen molar-refractivity contribution in [2.45, 2.75) is 25.8 Å². The summed E-state index contributed by atoms with van der Waals surface area (Å²) < 4.78 is 0. The second-order valence-corrected chi connectivity index (χ2v) is 6.12. The Labute approximate surface area is 123 Å². The fourth-order valence-corrected chi connectivity index (χ4v) is 3.12. The summed E-state index contributed by atoms with van der Waals surface area (Å²) in [6, 6.07) is 8.35. The molecule has 0 bridgehead atoms. The lowest BCUT2D eigenvalue weighted by Gasteiger charge is -2.41. The van der Waals surface area contributed by atoms with Gasteiger partial charge in [0.05, 0.1) is 5.92 Å². The third-order valence-corrected chi connectivity index (χ3v) is 4.67. The maximum absolute atomic E-state index is 12.1. The summed E-state index contributed by atoms with van der Waals surface area (Å²) in [6.45, 7) is 2.79. The predicted octanol–water partition coefficient (Wildman–Crippen LogP) is 1.52. The molecule has 21 heavy (non-hydrogen) atoms. The number of carboxylic acids is 1. The van der Waals surface area contributed by atoms with Crippen molar-refractivity contribution < 1.29 is 14.7 Å². The molecule has 2 N–H and O–H groups in total. The molecule has 112 valence electrons. The summed E-state index contributed by atoms with van der Waals surface area (Å²) in [5, 5.41) is 12.0. The van der Waals surface area contributed by atoms with Crippen LogP contribution in [-0.4, -0.2) is 41.1 Å². The van der Waals surface area contributed by atoms with Crippen molar-refractivity contribution in [3.8, 4) is 0 Å². The van der Waals surface area contributed by atoms with E-state index in [-0.39, 0.29) is 23.9 Å². The van der Waals surface area contributed by atoms with E-state index in [4.69, 9.17) is 5.11 Å². The average molecular weight is 288 g/mol. The molecule has 1 aromatic carbocycles. The average Bonchev–Trinajstić information content (AvgIpc) is 2.78. The van der Waals surface area contributed by atoms with E-state index in [9.17, 15) is 9.59 Å². The van der Waals surface area contributed by atoms with Crippen LogP contribution in [0.5, 0.6) is 0 Å². The molecule has 0 spiro atoms. The number of likely N-dealkylation sites (tertiary alicyclic amines) is 1. The lowest BCUT2D eigenvalue weighted by Crippen LogP contribution is -2.57. The molecule has 1 aliphatic carbocycles. The van der Waals surface area contributed by atoms with Crippen LogP contribution in [0.2, 0.25) is 0 Å². The highest BCUT2D eigenvalue weighted by molar-refractivity contribution is 5.76. The number of hydrogen-bond acceptors (Lipinski definition) is 2. The smallest absolute Gasteiger partial charge is 0.317 e. The van der Waals surface area contributed by atoms with Gasteiger partial charge >= 0.3 is 12.0 Å². The number of rotatable bonds is 3. The molecule has 5 heteroatoms. The highest BCUT2D eigenvalue weighted by Gasteiger charge is 2.38. The predicted molar refractivity (Wildman–Crippen MR) is 78.0 cm³/mol. The third kappa shape index (κ3) is 2.73. The molecular formula is C16H20N2O3. The Morgan fingerprint density at radius 2 is 1.81 bits per heavy atom. The normalized spacial score (nSPS) is 19.8. The van der Waals surface area contributed by atoms with Gasteiger partial charge in [-0.15, -0.1) is 0 Å². The first-order valence-electron chi connectivity index (χ1n) is 7.39. The molecule has 5 nitrogen and oxygen atoms in total. The van der Waals surface area contributed by atoms with Crippen molar-refractivity contribution in [2.24, 2.45) is 11.8 Å². The molecule has 0 aromatic heterocycles. The molecule has 2 aliphatic rings. The molecule has 1 aromatic rings. The van der Waals surface area contributed by atoms with Gasteiger partial charge in [0.25, 0.3) is 0 Å². The zero-order valence-electron chi connectivity index (χ0n) is 12.1. The van der Waals surface area contributed by atoms with Gasteiger partial charge in [0.15, 0.2) is 0 Å². The van der Waals surface area contributed by atoms with E-state index in [1.807, 2.05) is 12.1 Å². The number of carbonyl (C=O) groups excluding carboxylic acids is 1. The van der Waals surface area contributed by atoms with Crippen molar-refractivity contribution in [1.82, 2.24) is 10.2 Å². The van der Waals surface area contributed by atoms with Gasteiger partial charge in [-0.25, -0.2) is 4.79 Å². The fourth-order valence-electron chi connectivity index (χ4n) is 3.12. The van der Waals surface area contributed by atoms with Gasteiger partial charge in [-0.05, 0) is 24.0 Å². The Bertz CT molecular complexity index is 541. The second-order valence-electron chi connectivity index (χ2n) is 6.12. The number of fused-ring (bicyclic) bond motifs is 1. The minimum atomic E-state index is -0.786. The highest BCUT2D eigenvalue weighted by Crippen LogP contribution is 2.25. The summed E-state index contributed by atoms with van der Waals surface area (Å²) in [5.41, 5.74) is 2.62. The van der Waals surface area contributed by atoms with Crippen LogP contribution in [0, 0.1) is 11.8 Å². The van der Waals surface area contributed by atoms with Gasteiger partial charge in [0, 0.05) is 25.0 Å². The molecule has 1 aliphatic heterocycles. The molecule has 1 atom stereocenters. The molecule has 1 saturated heterocycles. The van der Waals surface area contributed by atoms with Crippen LogP contribution >= 0.6 is 0 Å². The molecule has 0 radical (unpaired) electrons. The molecule has 2 amide bonds. The van der Waals surface area contributed by atoms with Gasteiger partial charge in [0.2, 0.25) is 0 Å². The number of carbonyl (C=O) groups is 2. The number of nitrogens with zero attached hydrogens (tertiary/aromatic N) is 1. The number of carboxylic acid groups (broad SMARTS) is 1. The van der Waals surface area contributed by atoms with Crippen LogP contribution in [0.25, 0.3) is 0 Å². The molecule has 3 rings (SSSR count). The number of nitrogens with one attached hydrogen (secondary N) is 1. The zero-order valence-corrected chi connectivity index (χ0v) is 12.1. The Hall–Kier alpha value is -2.04. The third-order valence-electron chi connectivity index (χ3n) is 4.67. The van der Waals surface area contributed by atoms with Crippen molar-refractivity contribution in [1.29, 1.82) is 0 Å². The van der Waals surface area contributed by atoms with Crippen LogP contribution in [0.4, 0.5) is 4.79 Å². The Balaban J connectivity index is 1.48. The van der Waals surface area contributed by atoms with E-state index < -0.39 is 5.97 Å². The first-order chi connectivity index (χ1) is 10.0. The molecular weight excluding hydrogens is 268 g/mol. The van der Waals surface area contributed by atoms with Gasteiger partial charge in [-0.3, -0.25) is 4.79 Å². The number of amides is 2. The SMILES string of the molecule is CC(C(=O)O)C1CN(C(=O)NC2Cc3ccccc3C2)C1. The number of hydrogen-bond donors (Lipinski definition) is 2. The van der Waals surface area contributed by atoms with Crippen LogP contribution in [0.15, 0.2) is 24.3 Å². The summed E-state index contributed by atoms with van der Waals surface area (Å²) in [7, 11) is 0. The first-order valence-corrected chi connectivity index (χ1v) is 7.39. The Kier molecular flexibility index (Phi) is 3.57. The van der Waals surface area contributed by atoms with Crippen molar-refractivity contribution in [2.75, 3.05) is 13.1 Å². The lowest BCUT2D eigenvalue weighted by atomic mass is 9.87. The maximum Gasteiger partial charge on any atom is 0.317 e. The summed E-state index contributed by atoms with van der Waals surface area (Å²) in [4.78, 5) is 24.7. The standard InChI is InChI=1S/C16H20N2O3/c1-10(15(19)20)13-8-18(9-13)16(21)17-14-6-11-4-2-3-5-12(11)7-14/h2-5,10,13-14H,6-9H2,1H3,(H,17,21)(H,19,20). The number of benzene rings is 1. The van der Waals surface area contributed by atoms with E-state index in [1.54, 1.807) is 11.8 Å². The van der Waals surface area contributed by atoms with Crippen molar-refractivity contribution in [3.63, 3.8) is 0 Å². The molecule has 1 unspecified atom stereocenters. The van der Waals surface area contributed by atoms with E-state index in [1.165, 1.54) is 11.1 Å². The van der Waals surface area contributed by atoms with E-state index in [0.29, 0.717) is 13.1 Å². The van der Waals surface area contributed by atoms with E-state index in [2.05, 4.69) is 17.4 Å². The Morgan fingerprint density at radius 3 is 2.33 bits per heavy atom. The number of aliphatic carboxylic acids is 1. The van der Waals surface area contributed by atoms with Crippen molar-refractivity contribution in [3.05, 3.63) is 35.4 Å². The Morgan fingerprint density at radius 1 is 1.24 bits per heavy atom. The largest absolute Gasteiger partial charge is 0.481 e. The zero-order chi connectivity index (χ0) is 15.0. The van der Waals surface area contributed by atoms with Crippen LogP contribution in [0.3, 0.4) is 0 Å². The molecule has 1 fully saturated rings. The monoisotopic (exact) mass is 288 g/mol. The van der Waals surface area contributed by atoms with Crippen molar-refractivity contribution >= 4 is 12.0 Å². The van der Waals surface area contributed by atoms with E-state index >= 15 is 0 Å². The highest BCUT2D eigenvalue weighted by atomic mass is 16.4. The lowest BCUT2D eigenvalue weighted by molar-refractivity contribution is -0.144. The van der Waals surface area contributed by atoms with Gasteiger partial charge in [0.1, 0.15) is 0 Å². The van der Waals surface area contributed by atoms with Gasteiger partial charge in [-0.2, -0.15) is 0 Å². The summed E-state index contributed by atoms with van der Waals surface area (Å²) in [5.74, 6) is -1.09. The topological polar surface area (TPSA) is 69.6 Å². The summed E-state index contributed by atoms with van der Waals surface area (Å²) in [6.07, 6.45) is 1.76. The van der Waals surface area contributed by atoms with Crippen LogP contribution in [-0.2, 0) is 17.6 Å². The maximum atomic E-state index is 12.1. The fraction of sp³-hybridized carbons (Fsp3) is 0.500. The molecule has 1 heterocycles. The van der Waals surface area contributed by atoms with Gasteiger partial charge < -0.3 is 15.3 Å². The van der Waals surface area contributed by atoms with Crippen LogP contribution in [0.1, 0.15) is 18.1 Å².